The summed E-state index contributed by atoms with van der Waals surface area (Å²) in [5.41, 5.74) is 1.03. The minimum atomic E-state index is 0.0350. The van der Waals surface area contributed by atoms with E-state index in [9.17, 15) is 4.79 Å². The van der Waals surface area contributed by atoms with Crippen LogP contribution >= 0.6 is 0 Å². The van der Waals surface area contributed by atoms with Gasteiger partial charge in [0.25, 0.3) is 0 Å². The van der Waals surface area contributed by atoms with Gasteiger partial charge in [-0.2, -0.15) is 0 Å². The molecule has 3 heterocycles. The molecule has 1 aliphatic carbocycles. The summed E-state index contributed by atoms with van der Waals surface area (Å²) in [5, 5.41) is 7.17. The zero-order valence-electron chi connectivity index (χ0n) is 14.4. The van der Waals surface area contributed by atoms with Crippen LogP contribution in [0, 0.1) is 18.8 Å². The number of rotatable bonds is 5. The lowest BCUT2D eigenvalue weighted by Gasteiger charge is -2.52. The number of aryl methyl sites for hydroxylation is 1. The molecule has 2 saturated heterocycles. The number of hydrogen-bond donors (Lipinski definition) is 1. The standard InChI is InChI=1S/C18H27N3O3/c1-13-7-16(20-24-13)9-21-11-18(12-21)6-5-14(10-23-18)8-19-17(22)15-3-2-4-15/h7,14-15H,2-6,8-12H2,1H3,(H,19,22)/t14-/m0/s1. The van der Waals surface area contributed by atoms with Crippen LogP contribution in [0.15, 0.2) is 10.6 Å². The molecule has 1 aromatic rings. The highest BCUT2D eigenvalue weighted by Crippen LogP contribution is 2.36. The van der Waals surface area contributed by atoms with E-state index in [4.69, 9.17) is 9.26 Å². The van der Waals surface area contributed by atoms with Crippen LogP contribution in [0.2, 0.25) is 0 Å². The second-order valence-electron chi connectivity index (χ2n) is 7.85. The topological polar surface area (TPSA) is 67.6 Å². The number of nitrogens with zero attached hydrogens (tertiary/aromatic N) is 2. The zero-order chi connectivity index (χ0) is 16.6. The normalized spacial score (nSPS) is 26.8. The summed E-state index contributed by atoms with van der Waals surface area (Å²) in [4.78, 5) is 14.3. The monoisotopic (exact) mass is 333 g/mol. The minimum absolute atomic E-state index is 0.0350. The van der Waals surface area contributed by atoms with E-state index in [1.54, 1.807) is 0 Å². The average Bonchev–Trinajstić information content (AvgIpc) is 2.88. The first-order chi connectivity index (χ1) is 11.6. The third-order valence-corrected chi connectivity index (χ3v) is 5.76. The molecule has 4 rings (SSSR count). The summed E-state index contributed by atoms with van der Waals surface area (Å²) in [6.45, 7) is 6.24. The number of carbonyl (C=O) groups is 1. The molecule has 1 aromatic heterocycles. The molecule has 0 aromatic carbocycles. The molecular formula is C18H27N3O3. The molecule has 0 unspecified atom stereocenters. The van der Waals surface area contributed by atoms with Gasteiger partial charge in [-0.15, -0.1) is 0 Å². The van der Waals surface area contributed by atoms with E-state index >= 15 is 0 Å². The Labute approximate surface area is 142 Å². The molecule has 24 heavy (non-hydrogen) atoms. The van der Waals surface area contributed by atoms with E-state index in [0.29, 0.717) is 5.92 Å². The van der Waals surface area contributed by atoms with Crippen LogP contribution in [0.3, 0.4) is 0 Å². The van der Waals surface area contributed by atoms with Gasteiger partial charge in [-0.1, -0.05) is 11.6 Å². The SMILES string of the molecule is Cc1cc(CN2CC3(CC[C@@H](CNC(=O)C4CCC4)CO3)C2)no1. The highest BCUT2D eigenvalue weighted by molar-refractivity contribution is 5.79. The molecule has 1 amide bonds. The first-order valence-corrected chi connectivity index (χ1v) is 9.18. The largest absolute Gasteiger partial charge is 0.372 e. The predicted molar refractivity (Wildman–Crippen MR) is 88.3 cm³/mol. The van der Waals surface area contributed by atoms with Gasteiger partial charge in [0.05, 0.1) is 17.9 Å². The molecule has 1 saturated carbocycles. The Morgan fingerprint density at radius 1 is 1.42 bits per heavy atom. The van der Waals surface area contributed by atoms with Crippen molar-refractivity contribution in [3.63, 3.8) is 0 Å². The van der Waals surface area contributed by atoms with Crippen LogP contribution in [-0.4, -0.2) is 47.8 Å². The molecule has 1 atom stereocenters. The Kier molecular flexibility index (Phi) is 4.35. The van der Waals surface area contributed by atoms with E-state index < -0.39 is 0 Å². The summed E-state index contributed by atoms with van der Waals surface area (Å²) in [5.74, 6) is 1.85. The number of nitrogens with one attached hydrogen (secondary N) is 1. The molecule has 3 aliphatic rings. The van der Waals surface area contributed by atoms with Crippen molar-refractivity contribution in [1.82, 2.24) is 15.4 Å². The number of ether oxygens (including phenoxy) is 1. The van der Waals surface area contributed by atoms with Crippen molar-refractivity contribution < 1.29 is 14.1 Å². The van der Waals surface area contributed by atoms with Gasteiger partial charge in [-0.05, 0) is 38.5 Å². The number of hydrogen-bond acceptors (Lipinski definition) is 5. The van der Waals surface area contributed by atoms with Gasteiger partial charge >= 0.3 is 0 Å². The van der Waals surface area contributed by atoms with Crippen LogP contribution in [0.25, 0.3) is 0 Å². The maximum Gasteiger partial charge on any atom is 0.223 e. The molecule has 1 spiro atoms. The van der Waals surface area contributed by atoms with Crippen molar-refractivity contribution in [2.75, 3.05) is 26.2 Å². The molecule has 1 N–H and O–H groups in total. The van der Waals surface area contributed by atoms with E-state index in [1.165, 1.54) is 6.42 Å². The van der Waals surface area contributed by atoms with Crippen LogP contribution in [0.5, 0.6) is 0 Å². The second kappa shape index (κ2) is 6.48. The van der Waals surface area contributed by atoms with E-state index in [1.807, 2.05) is 13.0 Å². The van der Waals surface area contributed by atoms with Crippen molar-refractivity contribution >= 4 is 5.91 Å². The Bertz CT molecular complexity index is 580. The van der Waals surface area contributed by atoms with Gasteiger partial charge < -0.3 is 14.6 Å². The number of amides is 1. The number of carbonyl (C=O) groups excluding carboxylic acids is 1. The third kappa shape index (κ3) is 3.35. The van der Waals surface area contributed by atoms with Gasteiger partial charge in [-0.25, -0.2) is 0 Å². The smallest absolute Gasteiger partial charge is 0.223 e. The quantitative estimate of drug-likeness (QED) is 0.891. The molecule has 0 radical (unpaired) electrons. The van der Waals surface area contributed by atoms with Crippen molar-refractivity contribution in [1.29, 1.82) is 0 Å². The highest BCUT2D eigenvalue weighted by atomic mass is 16.5. The summed E-state index contributed by atoms with van der Waals surface area (Å²) in [6.07, 6.45) is 5.57. The molecule has 0 bridgehead atoms. The molecule has 6 nitrogen and oxygen atoms in total. The maximum atomic E-state index is 11.9. The van der Waals surface area contributed by atoms with Gasteiger partial charge in [-0.3, -0.25) is 9.69 Å². The fraction of sp³-hybridized carbons (Fsp3) is 0.778. The van der Waals surface area contributed by atoms with Crippen LogP contribution in [0.1, 0.15) is 43.6 Å². The van der Waals surface area contributed by atoms with Crippen LogP contribution in [-0.2, 0) is 16.1 Å². The lowest BCUT2D eigenvalue weighted by atomic mass is 9.82. The number of likely N-dealkylation sites (tertiary alicyclic amines) is 1. The first kappa shape index (κ1) is 16.1. The molecular weight excluding hydrogens is 306 g/mol. The summed E-state index contributed by atoms with van der Waals surface area (Å²) >= 11 is 0. The fourth-order valence-electron chi connectivity index (χ4n) is 3.99. The molecule has 2 aliphatic heterocycles. The number of aromatic nitrogens is 1. The maximum absolute atomic E-state index is 11.9. The van der Waals surface area contributed by atoms with Crippen molar-refractivity contribution in [3.8, 4) is 0 Å². The second-order valence-corrected chi connectivity index (χ2v) is 7.85. The van der Waals surface area contributed by atoms with E-state index in [-0.39, 0.29) is 17.4 Å². The summed E-state index contributed by atoms with van der Waals surface area (Å²) < 4.78 is 11.3. The minimum Gasteiger partial charge on any atom is -0.372 e. The van der Waals surface area contributed by atoms with Crippen molar-refractivity contribution in [2.45, 2.75) is 51.2 Å². The highest BCUT2D eigenvalue weighted by Gasteiger charge is 2.46. The van der Waals surface area contributed by atoms with Crippen LogP contribution < -0.4 is 5.32 Å². The zero-order valence-corrected chi connectivity index (χ0v) is 14.4. The van der Waals surface area contributed by atoms with E-state index in [2.05, 4.69) is 15.4 Å². The van der Waals surface area contributed by atoms with Crippen molar-refractivity contribution in [3.05, 3.63) is 17.5 Å². The Balaban J connectivity index is 1.16. The first-order valence-electron chi connectivity index (χ1n) is 9.18. The third-order valence-electron chi connectivity index (χ3n) is 5.76. The van der Waals surface area contributed by atoms with Gasteiger partial charge in [0.2, 0.25) is 5.91 Å². The predicted octanol–water partition coefficient (Wildman–Crippen LogP) is 1.88. The lowest BCUT2D eigenvalue weighted by molar-refractivity contribution is -0.181. The van der Waals surface area contributed by atoms with E-state index in [0.717, 1.165) is 69.9 Å². The van der Waals surface area contributed by atoms with Gasteiger partial charge in [0, 0.05) is 38.2 Å². The Hall–Kier alpha value is -1.40. The molecule has 132 valence electrons. The Morgan fingerprint density at radius 3 is 2.83 bits per heavy atom. The molecule has 6 heteroatoms. The lowest BCUT2D eigenvalue weighted by Crippen LogP contribution is -2.64. The summed E-state index contributed by atoms with van der Waals surface area (Å²) in [7, 11) is 0. The molecule has 3 fully saturated rings. The van der Waals surface area contributed by atoms with Gasteiger partial charge in [0.1, 0.15) is 5.76 Å². The van der Waals surface area contributed by atoms with Crippen molar-refractivity contribution in [2.24, 2.45) is 11.8 Å². The van der Waals surface area contributed by atoms with Gasteiger partial charge in [0.15, 0.2) is 0 Å². The fourth-order valence-corrected chi connectivity index (χ4v) is 3.99. The Morgan fingerprint density at radius 2 is 2.25 bits per heavy atom. The average molecular weight is 333 g/mol. The van der Waals surface area contributed by atoms with Crippen LogP contribution in [0.4, 0.5) is 0 Å². The summed E-state index contributed by atoms with van der Waals surface area (Å²) in [6, 6.07) is 1.99.